The molecule has 4 aromatic carbocycles. The predicted molar refractivity (Wildman–Crippen MR) is 220 cm³/mol. The zero-order valence-corrected chi connectivity index (χ0v) is 32.3. The van der Waals surface area contributed by atoms with Crippen LogP contribution in [-0.4, -0.2) is 27.2 Å². The maximum Gasteiger partial charge on any atom is 0.158 e. The lowest BCUT2D eigenvalue weighted by Gasteiger charge is -2.22. The number of aromatic nitrogens is 4. The molecule has 4 aromatic heterocycles. The van der Waals surface area contributed by atoms with Crippen LogP contribution in [0.1, 0.15) is 52.7 Å². The number of benzene rings is 4. The molecule has 0 aliphatic rings. The number of pyridine rings is 2. The van der Waals surface area contributed by atoms with Gasteiger partial charge in [-0.05, 0) is 108 Å². The van der Waals surface area contributed by atoms with Crippen molar-refractivity contribution in [2.24, 2.45) is 10.8 Å². The van der Waals surface area contributed by atoms with Gasteiger partial charge in [-0.3, -0.25) is 9.13 Å². The molecule has 0 radical (unpaired) electrons. The molecule has 8 rings (SSSR count). The van der Waals surface area contributed by atoms with Gasteiger partial charge in [-0.2, -0.15) is 0 Å². The van der Waals surface area contributed by atoms with Crippen LogP contribution in [0.4, 0.5) is 0 Å². The Hall–Kier alpha value is -5.00. The first-order valence-electron chi connectivity index (χ1n) is 18.3. The van der Waals surface area contributed by atoms with Crippen LogP contribution in [0.15, 0.2) is 121 Å². The summed E-state index contributed by atoms with van der Waals surface area (Å²) in [6, 6.07) is 44.5. The van der Waals surface area contributed by atoms with Crippen molar-refractivity contribution < 1.29 is 0 Å². The molecule has 8 aromatic rings. The van der Waals surface area contributed by atoms with E-state index in [4.69, 9.17) is 9.97 Å². The summed E-state index contributed by atoms with van der Waals surface area (Å²) in [5.41, 5.74) is 9.79. The second kappa shape index (κ2) is 12.1. The minimum atomic E-state index is -2.37. The van der Waals surface area contributed by atoms with Gasteiger partial charge >= 0.3 is 0 Å². The van der Waals surface area contributed by atoms with Crippen LogP contribution in [-0.2, 0) is 12.8 Å². The van der Waals surface area contributed by atoms with Crippen molar-refractivity contribution >= 4 is 62.6 Å². The summed E-state index contributed by atoms with van der Waals surface area (Å²) >= 11 is 0. The van der Waals surface area contributed by atoms with Crippen molar-refractivity contribution in [3.05, 3.63) is 132 Å². The molecule has 5 heteroatoms. The van der Waals surface area contributed by atoms with E-state index in [1.807, 2.05) is 0 Å². The Bertz CT molecular complexity index is 2380. The highest BCUT2D eigenvalue weighted by Gasteiger charge is 2.32. The van der Waals surface area contributed by atoms with Crippen LogP contribution >= 0.6 is 0 Å². The summed E-state index contributed by atoms with van der Waals surface area (Å²) in [7, 11) is -2.37. The molecule has 51 heavy (non-hydrogen) atoms. The first-order valence-corrected chi connectivity index (χ1v) is 21.3. The van der Waals surface area contributed by atoms with E-state index in [0.29, 0.717) is 0 Å². The third-order valence-electron chi connectivity index (χ3n) is 10.1. The quantitative estimate of drug-likeness (QED) is 0.163. The largest absolute Gasteiger partial charge is 0.294 e. The van der Waals surface area contributed by atoms with Crippen molar-refractivity contribution in [2.75, 3.05) is 0 Å². The summed E-state index contributed by atoms with van der Waals surface area (Å²) in [6.07, 6.45) is 2.05. The van der Waals surface area contributed by atoms with Crippen molar-refractivity contribution in [1.82, 2.24) is 19.1 Å². The Kier molecular flexibility index (Phi) is 7.84. The molecule has 0 fully saturated rings. The Morgan fingerprint density at radius 1 is 0.471 bits per heavy atom. The van der Waals surface area contributed by atoms with Crippen molar-refractivity contribution in [1.29, 1.82) is 0 Å². The SMILES string of the molecule is CC(C)(C)Cc1ccc2c(c1)c1ccc([Si](C)(C)c3ccc4c5cc(CC(C)(C)C)ccc5n(-c5ccccc5)c4n3)nc1n2-c1ccccc1. The van der Waals surface area contributed by atoms with Crippen LogP contribution < -0.4 is 10.6 Å². The average Bonchev–Trinajstić information content (AvgIpc) is 3.59. The third kappa shape index (κ3) is 6.08. The van der Waals surface area contributed by atoms with Crippen molar-refractivity contribution in [3.63, 3.8) is 0 Å². The molecule has 256 valence electrons. The fourth-order valence-corrected chi connectivity index (χ4v) is 9.86. The summed E-state index contributed by atoms with van der Waals surface area (Å²) in [4.78, 5) is 11.1. The van der Waals surface area contributed by atoms with E-state index in [-0.39, 0.29) is 10.8 Å². The highest BCUT2D eigenvalue weighted by Crippen LogP contribution is 2.35. The molecule has 0 saturated heterocycles. The van der Waals surface area contributed by atoms with E-state index in [9.17, 15) is 0 Å². The number of para-hydroxylation sites is 2. The second-order valence-electron chi connectivity index (χ2n) is 17.3. The standard InChI is InChI=1S/C46H48N4Si/c1-45(2,3)29-31-19-23-39-37(27-31)35-21-25-41(47-43(35)49(39)33-15-11-9-12-16-33)51(7,8)42-26-22-36-38-28-32(30-46(4,5)6)20-24-40(38)50(44(36)48-42)34-17-13-10-14-18-34/h9-28H,29-30H2,1-8H3. The van der Waals surface area contributed by atoms with Crippen LogP contribution in [0.2, 0.25) is 13.1 Å². The highest BCUT2D eigenvalue weighted by atomic mass is 28.3. The average molecular weight is 685 g/mol. The Labute approximate surface area is 302 Å². The summed E-state index contributed by atoms with van der Waals surface area (Å²) < 4.78 is 4.69. The van der Waals surface area contributed by atoms with Gasteiger partial charge < -0.3 is 0 Å². The van der Waals surface area contributed by atoms with E-state index >= 15 is 0 Å². The van der Waals surface area contributed by atoms with Gasteiger partial charge in [-0.25, -0.2) is 9.97 Å². The molecule has 0 saturated carbocycles. The molecule has 0 unspecified atom stereocenters. The van der Waals surface area contributed by atoms with E-state index in [2.05, 4.69) is 185 Å². The van der Waals surface area contributed by atoms with Crippen LogP contribution in [0.5, 0.6) is 0 Å². The monoisotopic (exact) mass is 684 g/mol. The normalized spacial score (nSPS) is 12.9. The van der Waals surface area contributed by atoms with Crippen LogP contribution in [0.3, 0.4) is 0 Å². The maximum absolute atomic E-state index is 5.57. The topological polar surface area (TPSA) is 35.6 Å². The molecule has 4 nitrogen and oxygen atoms in total. The summed E-state index contributed by atoms with van der Waals surface area (Å²) in [5, 5.41) is 7.16. The molecule has 0 bridgehead atoms. The number of rotatable bonds is 6. The number of nitrogens with zero attached hydrogens (tertiary/aromatic N) is 4. The van der Waals surface area contributed by atoms with Crippen molar-refractivity contribution in [3.8, 4) is 11.4 Å². The molecule has 4 heterocycles. The Balaban J connectivity index is 1.31. The lowest BCUT2D eigenvalue weighted by atomic mass is 9.88. The summed E-state index contributed by atoms with van der Waals surface area (Å²) in [6.45, 7) is 18.6. The minimum absolute atomic E-state index is 0.210. The lowest BCUT2D eigenvalue weighted by Crippen LogP contribution is -2.55. The fraction of sp³-hybridized carbons (Fsp3) is 0.261. The van der Waals surface area contributed by atoms with Gasteiger partial charge in [-0.15, -0.1) is 0 Å². The van der Waals surface area contributed by atoms with Gasteiger partial charge in [0.2, 0.25) is 0 Å². The molecule has 0 amide bonds. The molecular weight excluding hydrogens is 637 g/mol. The first kappa shape index (κ1) is 33.2. The maximum atomic E-state index is 5.57. The zero-order chi connectivity index (χ0) is 35.7. The molecule has 0 aliphatic heterocycles. The van der Waals surface area contributed by atoms with Gasteiger partial charge in [-0.1, -0.05) is 103 Å². The fourth-order valence-electron chi connectivity index (χ4n) is 7.82. The highest BCUT2D eigenvalue weighted by molar-refractivity contribution is 6.99. The van der Waals surface area contributed by atoms with Gasteiger partial charge in [0, 0.05) is 43.6 Å². The smallest absolute Gasteiger partial charge is 0.158 e. The first-order chi connectivity index (χ1) is 24.3. The van der Waals surface area contributed by atoms with Gasteiger partial charge in [0.25, 0.3) is 0 Å². The number of hydrogen-bond donors (Lipinski definition) is 0. The number of hydrogen-bond acceptors (Lipinski definition) is 2. The summed E-state index contributed by atoms with van der Waals surface area (Å²) in [5.74, 6) is 0. The lowest BCUT2D eigenvalue weighted by molar-refractivity contribution is 0.411. The Morgan fingerprint density at radius 3 is 1.24 bits per heavy atom. The second-order valence-corrected chi connectivity index (χ2v) is 21.6. The van der Waals surface area contributed by atoms with Gasteiger partial charge in [0.15, 0.2) is 8.07 Å². The van der Waals surface area contributed by atoms with Crippen LogP contribution in [0.25, 0.3) is 55.2 Å². The van der Waals surface area contributed by atoms with E-state index < -0.39 is 8.07 Å². The van der Waals surface area contributed by atoms with E-state index in [0.717, 1.165) is 46.1 Å². The minimum Gasteiger partial charge on any atom is -0.294 e. The molecule has 0 spiro atoms. The Morgan fingerprint density at radius 2 is 0.863 bits per heavy atom. The molecule has 0 aliphatic carbocycles. The van der Waals surface area contributed by atoms with Crippen molar-refractivity contribution in [2.45, 2.75) is 67.5 Å². The third-order valence-corrected chi connectivity index (χ3v) is 13.3. The zero-order valence-electron chi connectivity index (χ0n) is 31.3. The predicted octanol–water partition coefficient (Wildman–Crippen LogP) is 10.7. The molecule has 0 N–H and O–H groups in total. The van der Waals surface area contributed by atoms with Gasteiger partial charge in [0.05, 0.1) is 11.0 Å². The van der Waals surface area contributed by atoms with Gasteiger partial charge in [0.1, 0.15) is 11.3 Å². The van der Waals surface area contributed by atoms with Crippen LogP contribution in [0, 0.1) is 10.8 Å². The molecule has 0 atom stereocenters. The van der Waals surface area contributed by atoms with E-state index in [1.54, 1.807) is 0 Å². The molecular formula is C46H48N4Si. The number of fused-ring (bicyclic) bond motifs is 6. The van der Waals surface area contributed by atoms with E-state index in [1.165, 1.54) is 43.7 Å².